The summed E-state index contributed by atoms with van der Waals surface area (Å²) in [6.07, 6.45) is 3.41. The Balaban J connectivity index is 1.66. The zero-order chi connectivity index (χ0) is 21.1. The Morgan fingerprint density at radius 1 is 1.10 bits per heavy atom. The van der Waals surface area contributed by atoms with Gasteiger partial charge < -0.3 is 4.74 Å². The van der Waals surface area contributed by atoms with Crippen molar-refractivity contribution in [2.75, 3.05) is 25.2 Å². The molecule has 30 heavy (non-hydrogen) atoms. The Labute approximate surface area is 182 Å². The van der Waals surface area contributed by atoms with Crippen molar-refractivity contribution in [2.45, 2.75) is 32.2 Å². The maximum Gasteiger partial charge on any atom is 0.282 e. The highest BCUT2D eigenvalue weighted by Gasteiger charge is 2.40. The number of benzene rings is 2. The monoisotopic (exact) mass is 426 g/mol. The maximum absolute atomic E-state index is 13.1. The van der Waals surface area contributed by atoms with E-state index in [9.17, 15) is 4.79 Å². The lowest BCUT2D eigenvalue weighted by molar-refractivity contribution is -0.120. The summed E-state index contributed by atoms with van der Waals surface area (Å²) in [5, 5.41) is 9.24. The number of methoxy groups -OCH3 is 1. The normalized spacial score (nSPS) is 22.0. The van der Waals surface area contributed by atoms with Crippen LogP contribution in [0.5, 0.6) is 5.75 Å². The zero-order valence-corrected chi connectivity index (χ0v) is 18.1. The second kappa shape index (κ2) is 9.06. The first kappa shape index (κ1) is 20.7. The molecule has 0 spiro atoms. The lowest BCUT2D eigenvalue weighted by Gasteiger charge is -2.28. The average molecular weight is 427 g/mol. The van der Waals surface area contributed by atoms with E-state index in [0.29, 0.717) is 10.7 Å². The Kier molecular flexibility index (Phi) is 6.25. The average Bonchev–Trinajstić information content (AvgIpc) is 3.12. The molecular weight excluding hydrogens is 400 g/mol. The van der Waals surface area contributed by atoms with Gasteiger partial charge in [0.1, 0.15) is 11.5 Å². The predicted molar refractivity (Wildman–Crippen MR) is 120 cm³/mol. The van der Waals surface area contributed by atoms with Crippen LogP contribution in [0.4, 0.5) is 5.69 Å². The lowest BCUT2D eigenvalue weighted by Crippen LogP contribution is -2.48. The number of hydrogen-bond donors (Lipinski definition) is 1. The van der Waals surface area contributed by atoms with Crippen LogP contribution >= 0.6 is 11.6 Å². The first-order valence-electron chi connectivity index (χ1n) is 10.4. The molecular formula is C23H27ClN4O2. The van der Waals surface area contributed by atoms with E-state index >= 15 is 0 Å². The van der Waals surface area contributed by atoms with Gasteiger partial charge in [0, 0.05) is 19.0 Å². The summed E-state index contributed by atoms with van der Waals surface area (Å²) >= 11 is 6.50. The molecule has 7 heteroatoms. The fourth-order valence-electron chi connectivity index (χ4n) is 4.16. The predicted octanol–water partition coefficient (Wildman–Crippen LogP) is 4.42. The van der Waals surface area contributed by atoms with Gasteiger partial charge in [-0.25, -0.2) is 5.01 Å². The standard InChI is InChI=1S/C23H27ClN4O2/c1-16-21(23(29)26-27-14-6-3-7-15-27)25-28(20-9-5-4-8-19(20)24)22(16)17-10-12-18(30-2)13-11-17/h4-5,8-13,16,22H,3,6-7,14-15H2,1-2H3,(H,26,29)/t16-,22-/m1/s1. The van der Waals surface area contributed by atoms with Gasteiger partial charge in [-0.3, -0.25) is 15.2 Å². The van der Waals surface area contributed by atoms with E-state index in [1.165, 1.54) is 6.42 Å². The number of carbonyl (C=O) groups is 1. The third-order valence-corrected chi connectivity index (χ3v) is 6.11. The van der Waals surface area contributed by atoms with Gasteiger partial charge in [0.05, 0.1) is 23.9 Å². The minimum Gasteiger partial charge on any atom is -0.497 e. The van der Waals surface area contributed by atoms with Crippen LogP contribution in [0.25, 0.3) is 0 Å². The molecule has 1 fully saturated rings. The van der Waals surface area contributed by atoms with Gasteiger partial charge in [0.25, 0.3) is 5.91 Å². The summed E-state index contributed by atoms with van der Waals surface area (Å²) in [6.45, 7) is 3.80. The number of amides is 1. The van der Waals surface area contributed by atoms with Gasteiger partial charge in [-0.1, -0.05) is 49.2 Å². The van der Waals surface area contributed by atoms with Crippen LogP contribution in [0.2, 0.25) is 5.02 Å². The summed E-state index contributed by atoms with van der Waals surface area (Å²) in [7, 11) is 1.65. The van der Waals surface area contributed by atoms with Crippen LogP contribution in [0.1, 0.15) is 37.8 Å². The van der Waals surface area contributed by atoms with Gasteiger partial charge >= 0.3 is 0 Å². The molecule has 0 aromatic heterocycles. The molecule has 0 aliphatic carbocycles. The Morgan fingerprint density at radius 2 is 1.80 bits per heavy atom. The number of hydrazone groups is 1. The van der Waals surface area contributed by atoms with Gasteiger partial charge in [-0.05, 0) is 42.7 Å². The van der Waals surface area contributed by atoms with Crippen LogP contribution in [0.3, 0.4) is 0 Å². The topological polar surface area (TPSA) is 57.2 Å². The number of piperidine rings is 1. The summed E-state index contributed by atoms with van der Waals surface area (Å²) < 4.78 is 5.30. The number of ether oxygens (including phenoxy) is 1. The molecule has 0 bridgehead atoms. The van der Waals surface area contributed by atoms with Crippen molar-refractivity contribution in [3.05, 3.63) is 59.1 Å². The number of halogens is 1. The molecule has 2 heterocycles. The molecule has 2 aromatic carbocycles. The second-order valence-corrected chi connectivity index (χ2v) is 8.18. The summed E-state index contributed by atoms with van der Waals surface area (Å²) in [4.78, 5) is 13.1. The SMILES string of the molecule is COc1ccc([C@H]2[C@H](C)C(C(=O)NN3CCCCC3)=NN2c2ccccc2Cl)cc1. The number of rotatable bonds is 5. The first-order valence-corrected chi connectivity index (χ1v) is 10.8. The van der Waals surface area contributed by atoms with Gasteiger partial charge in [0.2, 0.25) is 0 Å². The maximum atomic E-state index is 13.1. The smallest absolute Gasteiger partial charge is 0.282 e. The molecule has 2 aliphatic rings. The van der Waals surface area contributed by atoms with E-state index in [0.717, 1.165) is 42.9 Å². The fraction of sp³-hybridized carbons (Fsp3) is 0.391. The Morgan fingerprint density at radius 3 is 2.47 bits per heavy atom. The number of carbonyl (C=O) groups excluding carboxylic acids is 1. The fourth-order valence-corrected chi connectivity index (χ4v) is 4.38. The van der Waals surface area contributed by atoms with Gasteiger partial charge in [-0.15, -0.1) is 0 Å². The zero-order valence-electron chi connectivity index (χ0n) is 17.3. The molecule has 6 nitrogen and oxygen atoms in total. The van der Waals surface area contributed by atoms with Crippen LogP contribution in [0, 0.1) is 5.92 Å². The highest BCUT2D eigenvalue weighted by Crippen LogP contribution is 2.41. The molecule has 1 saturated heterocycles. The molecule has 0 saturated carbocycles. The van der Waals surface area contributed by atoms with Crippen molar-refractivity contribution < 1.29 is 9.53 Å². The number of anilines is 1. The number of hydrazine groups is 1. The van der Waals surface area contributed by atoms with Crippen molar-refractivity contribution in [2.24, 2.45) is 11.0 Å². The minimum atomic E-state index is -0.141. The van der Waals surface area contributed by atoms with E-state index in [4.69, 9.17) is 21.4 Å². The van der Waals surface area contributed by atoms with Crippen LogP contribution in [-0.2, 0) is 4.79 Å². The Hall–Kier alpha value is -2.57. The van der Waals surface area contributed by atoms with Crippen molar-refractivity contribution in [3.63, 3.8) is 0 Å². The Bertz CT molecular complexity index is 925. The number of para-hydroxylation sites is 1. The van der Waals surface area contributed by atoms with E-state index in [-0.39, 0.29) is 17.9 Å². The number of nitrogens with one attached hydrogen (secondary N) is 1. The van der Waals surface area contributed by atoms with Crippen molar-refractivity contribution in [1.82, 2.24) is 10.4 Å². The van der Waals surface area contributed by atoms with Crippen molar-refractivity contribution >= 4 is 28.9 Å². The van der Waals surface area contributed by atoms with Crippen LogP contribution in [-0.4, -0.2) is 36.8 Å². The van der Waals surface area contributed by atoms with E-state index in [2.05, 4.69) is 5.43 Å². The summed E-state index contributed by atoms with van der Waals surface area (Å²) in [6, 6.07) is 15.3. The van der Waals surface area contributed by atoms with Gasteiger partial charge in [0.15, 0.2) is 0 Å². The molecule has 0 radical (unpaired) electrons. The highest BCUT2D eigenvalue weighted by molar-refractivity contribution is 6.40. The molecule has 1 amide bonds. The molecule has 2 aromatic rings. The third kappa shape index (κ3) is 4.16. The number of hydrogen-bond acceptors (Lipinski definition) is 5. The minimum absolute atomic E-state index is 0.112. The van der Waals surface area contributed by atoms with E-state index in [1.54, 1.807) is 7.11 Å². The highest BCUT2D eigenvalue weighted by atomic mass is 35.5. The van der Waals surface area contributed by atoms with Crippen molar-refractivity contribution in [1.29, 1.82) is 0 Å². The molecule has 0 unspecified atom stereocenters. The molecule has 2 atom stereocenters. The summed E-state index contributed by atoms with van der Waals surface area (Å²) in [5.74, 6) is 0.537. The summed E-state index contributed by atoms with van der Waals surface area (Å²) in [5.41, 5.74) is 5.40. The number of nitrogens with zero attached hydrogens (tertiary/aromatic N) is 3. The first-order chi connectivity index (χ1) is 14.6. The molecule has 2 aliphatic heterocycles. The quantitative estimate of drug-likeness (QED) is 0.768. The third-order valence-electron chi connectivity index (χ3n) is 5.79. The van der Waals surface area contributed by atoms with Gasteiger partial charge in [-0.2, -0.15) is 5.10 Å². The van der Waals surface area contributed by atoms with Crippen LogP contribution < -0.4 is 15.2 Å². The molecule has 4 rings (SSSR count). The van der Waals surface area contributed by atoms with Crippen molar-refractivity contribution in [3.8, 4) is 5.75 Å². The molecule has 158 valence electrons. The van der Waals surface area contributed by atoms with E-state index in [1.807, 2.05) is 65.5 Å². The van der Waals surface area contributed by atoms with E-state index < -0.39 is 0 Å². The lowest BCUT2D eigenvalue weighted by atomic mass is 9.91. The second-order valence-electron chi connectivity index (χ2n) is 7.78. The largest absolute Gasteiger partial charge is 0.497 e. The molecule has 1 N–H and O–H groups in total. The van der Waals surface area contributed by atoms with Crippen LogP contribution in [0.15, 0.2) is 53.6 Å².